The molecule has 0 radical (unpaired) electrons. The summed E-state index contributed by atoms with van der Waals surface area (Å²) in [6.07, 6.45) is 2.96. The molecule has 0 spiro atoms. The Morgan fingerprint density at radius 3 is 2.64 bits per heavy atom. The Balaban J connectivity index is 2.00. The van der Waals surface area contributed by atoms with E-state index >= 15 is 0 Å². The molecule has 0 atom stereocenters. The molecule has 0 saturated heterocycles. The zero-order valence-corrected chi connectivity index (χ0v) is 11.9. The largest absolute Gasteiger partial charge is 0.474 e. The van der Waals surface area contributed by atoms with E-state index in [1.165, 1.54) is 18.5 Å². The molecule has 0 N–H and O–H groups in total. The van der Waals surface area contributed by atoms with Crippen LogP contribution in [-0.2, 0) is 4.74 Å². The lowest BCUT2D eigenvalue weighted by Gasteiger charge is -2.07. The number of hydrogen-bond donors (Lipinski definition) is 0. The third-order valence-electron chi connectivity index (χ3n) is 2.98. The summed E-state index contributed by atoms with van der Waals surface area (Å²) in [6, 6.07) is 6.03. The highest BCUT2D eigenvalue weighted by Crippen LogP contribution is 2.22. The molecule has 6 nitrogen and oxygen atoms in total. The fourth-order valence-corrected chi connectivity index (χ4v) is 1.90. The van der Waals surface area contributed by atoms with Crippen LogP contribution in [0.5, 0.6) is 5.88 Å². The van der Waals surface area contributed by atoms with E-state index in [-0.39, 0.29) is 5.82 Å². The Morgan fingerprint density at radius 2 is 1.86 bits per heavy atom. The van der Waals surface area contributed by atoms with Gasteiger partial charge in [-0.25, -0.2) is 19.3 Å². The van der Waals surface area contributed by atoms with Crippen molar-refractivity contribution in [2.45, 2.75) is 0 Å². The van der Waals surface area contributed by atoms with Gasteiger partial charge in [-0.2, -0.15) is 4.98 Å². The second-order valence-corrected chi connectivity index (χ2v) is 4.45. The molecule has 0 amide bonds. The predicted octanol–water partition coefficient (Wildman–Crippen LogP) is 2.25. The van der Waals surface area contributed by atoms with Crippen molar-refractivity contribution in [3.8, 4) is 17.1 Å². The highest BCUT2D eigenvalue weighted by atomic mass is 19.1. The third-order valence-corrected chi connectivity index (χ3v) is 2.98. The van der Waals surface area contributed by atoms with Crippen LogP contribution in [0.4, 0.5) is 4.39 Å². The molecule has 2 heterocycles. The van der Waals surface area contributed by atoms with Crippen molar-refractivity contribution in [2.75, 3.05) is 20.3 Å². The maximum Gasteiger partial charge on any atom is 0.245 e. The number of methoxy groups -OCH3 is 1. The summed E-state index contributed by atoms with van der Waals surface area (Å²) in [5, 5.41) is 0. The molecule has 0 saturated carbocycles. The molecule has 0 fully saturated rings. The van der Waals surface area contributed by atoms with Crippen molar-refractivity contribution in [1.82, 2.24) is 19.9 Å². The maximum absolute atomic E-state index is 13.0. The monoisotopic (exact) mass is 300 g/mol. The molecule has 22 heavy (non-hydrogen) atoms. The number of hydrogen-bond acceptors (Lipinski definition) is 6. The molecule has 7 heteroatoms. The van der Waals surface area contributed by atoms with Gasteiger partial charge in [0.2, 0.25) is 5.88 Å². The zero-order valence-electron chi connectivity index (χ0n) is 11.9. The zero-order chi connectivity index (χ0) is 15.4. The van der Waals surface area contributed by atoms with Crippen molar-refractivity contribution in [1.29, 1.82) is 0 Å². The fourth-order valence-electron chi connectivity index (χ4n) is 1.90. The van der Waals surface area contributed by atoms with Gasteiger partial charge in [-0.3, -0.25) is 0 Å². The maximum atomic E-state index is 13.0. The SMILES string of the molecule is COCCOc1ncnc2ncc(-c3ccc(F)cc3)nc12. The number of benzene rings is 1. The molecule has 0 aliphatic rings. The highest BCUT2D eigenvalue weighted by molar-refractivity contribution is 5.77. The van der Waals surface area contributed by atoms with Gasteiger partial charge >= 0.3 is 0 Å². The van der Waals surface area contributed by atoms with Crippen molar-refractivity contribution in [3.05, 3.63) is 42.6 Å². The van der Waals surface area contributed by atoms with Crippen molar-refractivity contribution >= 4 is 11.2 Å². The summed E-state index contributed by atoms with van der Waals surface area (Å²) < 4.78 is 23.5. The topological polar surface area (TPSA) is 70.0 Å². The van der Waals surface area contributed by atoms with Gasteiger partial charge in [-0.1, -0.05) is 0 Å². The minimum atomic E-state index is -0.301. The number of nitrogens with zero attached hydrogens (tertiary/aromatic N) is 4. The van der Waals surface area contributed by atoms with Gasteiger partial charge in [0.25, 0.3) is 0 Å². The first-order chi connectivity index (χ1) is 10.8. The summed E-state index contributed by atoms with van der Waals surface area (Å²) in [5.74, 6) is 0.0444. The molecule has 0 bridgehead atoms. The van der Waals surface area contributed by atoms with Crippen LogP contribution in [0.25, 0.3) is 22.4 Å². The summed E-state index contributed by atoms with van der Waals surface area (Å²) in [4.78, 5) is 16.9. The molecule has 112 valence electrons. The third kappa shape index (κ3) is 2.99. The average molecular weight is 300 g/mol. The molecule has 1 aromatic carbocycles. The van der Waals surface area contributed by atoms with E-state index in [4.69, 9.17) is 9.47 Å². The summed E-state index contributed by atoms with van der Waals surface area (Å²) in [6.45, 7) is 0.793. The first-order valence-electron chi connectivity index (χ1n) is 6.63. The number of rotatable bonds is 5. The van der Waals surface area contributed by atoms with Gasteiger partial charge in [0.15, 0.2) is 11.2 Å². The van der Waals surface area contributed by atoms with Gasteiger partial charge in [-0.05, 0) is 24.3 Å². The van der Waals surface area contributed by atoms with Crippen LogP contribution < -0.4 is 4.74 Å². The summed E-state index contributed by atoms with van der Waals surface area (Å²) >= 11 is 0. The van der Waals surface area contributed by atoms with E-state index in [1.54, 1.807) is 25.4 Å². The first kappa shape index (κ1) is 14.3. The first-order valence-corrected chi connectivity index (χ1v) is 6.63. The lowest BCUT2D eigenvalue weighted by molar-refractivity contribution is 0.144. The van der Waals surface area contributed by atoms with E-state index < -0.39 is 0 Å². The van der Waals surface area contributed by atoms with Gasteiger partial charge in [0.05, 0.1) is 18.5 Å². The number of ether oxygens (including phenoxy) is 2. The Labute approximate surface area is 126 Å². The Morgan fingerprint density at radius 1 is 1.05 bits per heavy atom. The van der Waals surface area contributed by atoms with Crippen LogP contribution in [-0.4, -0.2) is 40.3 Å². The molecule has 0 aliphatic carbocycles. The van der Waals surface area contributed by atoms with Gasteiger partial charge < -0.3 is 9.47 Å². The fraction of sp³-hybridized carbons (Fsp3) is 0.200. The van der Waals surface area contributed by atoms with E-state index in [0.29, 0.717) is 36.0 Å². The second kappa shape index (κ2) is 6.40. The lowest BCUT2D eigenvalue weighted by Crippen LogP contribution is -2.07. The smallest absolute Gasteiger partial charge is 0.245 e. The van der Waals surface area contributed by atoms with E-state index in [1.807, 2.05) is 0 Å². The Bertz CT molecular complexity index is 780. The Hall–Kier alpha value is -2.67. The molecular formula is C15H13FN4O2. The second-order valence-electron chi connectivity index (χ2n) is 4.45. The number of fused-ring (bicyclic) bond motifs is 1. The molecule has 2 aromatic heterocycles. The molecule has 3 rings (SSSR count). The predicted molar refractivity (Wildman–Crippen MR) is 77.9 cm³/mol. The average Bonchev–Trinajstić information content (AvgIpc) is 2.55. The van der Waals surface area contributed by atoms with Gasteiger partial charge in [-0.15, -0.1) is 0 Å². The van der Waals surface area contributed by atoms with Crippen molar-refractivity contribution in [3.63, 3.8) is 0 Å². The number of halogens is 1. The van der Waals surface area contributed by atoms with Crippen LogP contribution >= 0.6 is 0 Å². The minimum absolute atomic E-state index is 0.301. The van der Waals surface area contributed by atoms with Crippen LogP contribution in [0.3, 0.4) is 0 Å². The summed E-state index contributed by atoms with van der Waals surface area (Å²) in [5.41, 5.74) is 2.25. The highest BCUT2D eigenvalue weighted by Gasteiger charge is 2.10. The lowest BCUT2D eigenvalue weighted by atomic mass is 10.1. The van der Waals surface area contributed by atoms with Crippen molar-refractivity contribution in [2.24, 2.45) is 0 Å². The Kier molecular flexibility index (Phi) is 4.15. The van der Waals surface area contributed by atoms with E-state index in [0.717, 1.165) is 5.56 Å². The van der Waals surface area contributed by atoms with Gasteiger partial charge in [0, 0.05) is 12.7 Å². The summed E-state index contributed by atoms with van der Waals surface area (Å²) in [7, 11) is 1.59. The van der Waals surface area contributed by atoms with E-state index in [2.05, 4.69) is 19.9 Å². The van der Waals surface area contributed by atoms with Crippen LogP contribution in [0.1, 0.15) is 0 Å². The molecule has 0 aliphatic heterocycles. The molecule has 3 aromatic rings. The number of aromatic nitrogens is 4. The van der Waals surface area contributed by atoms with Gasteiger partial charge in [0.1, 0.15) is 18.8 Å². The normalized spacial score (nSPS) is 10.8. The van der Waals surface area contributed by atoms with Crippen LogP contribution in [0, 0.1) is 5.82 Å². The van der Waals surface area contributed by atoms with Crippen LogP contribution in [0.2, 0.25) is 0 Å². The van der Waals surface area contributed by atoms with Crippen LogP contribution in [0.15, 0.2) is 36.8 Å². The standard InChI is InChI=1S/C15H13FN4O2/c1-21-6-7-22-15-13-14(18-9-19-15)17-8-12(20-13)10-2-4-11(16)5-3-10/h2-5,8-9H,6-7H2,1H3. The minimum Gasteiger partial charge on any atom is -0.474 e. The molecule has 0 unspecified atom stereocenters. The molecular weight excluding hydrogens is 287 g/mol. The van der Waals surface area contributed by atoms with E-state index in [9.17, 15) is 4.39 Å². The van der Waals surface area contributed by atoms with Crippen molar-refractivity contribution < 1.29 is 13.9 Å². The quantitative estimate of drug-likeness (QED) is 0.673.